The Morgan fingerprint density at radius 3 is 2.33 bits per heavy atom. The Balaban J connectivity index is 1.25. The SMILES string of the molecule is COc1ccc(CN2CCC3(CCN(C(CC(C)C)[C@@H]4CNC[C@@H]4c4ccccc4)CC3)C2=O)cc1. The number of amides is 1. The number of rotatable bonds is 8. The van der Waals surface area contributed by atoms with Gasteiger partial charge in [0, 0.05) is 38.1 Å². The van der Waals surface area contributed by atoms with Gasteiger partial charge in [0.2, 0.25) is 5.91 Å². The van der Waals surface area contributed by atoms with Gasteiger partial charge in [0.05, 0.1) is 12.5 Å². The first-order valence-electron chi connectivity index (χ1n) is 13.9. The molecule has 0 radical (unpaired) electrons. The zero-order valence-corrected chi connectivity index (χ0v) is 22.3. The minimum atomic E-state index is -0.155. The van der Waals surface area contributed by atoms with Crippen molar-refractivity contribution in [3.8, 4) is 5.75 Å². The number of nitrogens with zero attached hydrogens (tertiary/aromatic N) is 2. The normalized spacial score (nSPS) is 25.1. The number of benzene rings is 2. The predicted octanol–water partition coefficient (Wildman–Crippen LogP) is 4.93. The van der Waals surface area contributed by atoms with Crippen LogP contribution in [0.3, 0.4) is 0 Å². The van der Waals surface area contributed by atoms with Crippen molar-refractivity contribution in [3.05, 3.63) is 65.7 Å². The van der Waals surface area contributed by atoms with E-state index in [0.717, 1.165) is 57.7 Å². The summed E-state index contributed by atoms with van der Waals surface area (Å²) in [6.45, 7) is 10.5. The summed E-state index contributed by atoms with van der Waals surface area (Å²) in [7, 11) is 1.69. The van der Waals surface area contributed by atoms with Crippen molar-refractivity contribution in [3.63, 3.8) is 0 Å². The standard InChI is InChI=1S/C31H43N3O2/c1-23(2)19-29(28-21-32-20-27(28)25-7-5-4-6-8-25)33-16-13-31(14-17-33)15-18-34(30(31)35)22-24-9-11-26(36-3)12-10-24/h4-12,23,27-29,32H,13-22H2,1-3H3/t27-,28-,29?/m1/s1. The Kier molecular flexibility index (Phi) is 7.68. The molecular weight excluding hydrogens is 446 g/mol. The first kappa shape index (κ1) is 25.3. The van der Waals surface area contributed by atoms with Gasteiger partial charge in [-0.25, -0.2) is 0 Å². The Bertz CT molecular complexity index is 998. The molecule has 2 aromatic carbocycles. The van der Waals surface area contributed by atoms with Crippen molar-refractivity contribution in [2.45, 2.75) is 58.0 Å². The lowest BCUT2D eigenvalue weighted by Crippen LogP contribution is -2.51. The van der Waals surface area contributed by atoms with Crippen molar-refractivity contribution in [2.75, 3.05) is 39.8 Å². The molecule has 5 rings (SSSR count). The molecule has 3 aliphatic rings. The van der Waals surface area contributed by atoms with Crippen LogP contribution in [0.2, 0.25) is 0 Å². The molecule has 5 heteroatoms. The third-order valence-electron chi connectivity index (χ3n) is 9.05. The zero-order valence-electron chi connectivity index (χ0n) is 22.3. The molecule has 0 aliphatic carbocycles. The van der Waals surface area contributed by atoms with Crippen LogP contribution >= 0.6 is 0 Å². The molecule has 0 aromatic heterocycles. The van der Waals surface area contributed by atoms with Gasteiger partial charge in [0.15, 0.2) is 0 Å². The van der Waals surface area contributed by atoms with Gasteiger partial charge in [-0.05, 0) is 73.9 Å². The highest BCUT2D eigenvalue weighted by atomic mass is 16.5. The fourth-order valence-electron chi connectivity index (χ4n) is 6.99. The smallest absolute Gasteiger partial charge is 0.229 e. The molecule has 0 saturated carbocycles. The van der Waals surface area contributed by atoms with E-state index >= 15 is 0 Å². The van der Waals surface area contributed by atoms with Crippen LogP contribution in [0.25, 0.3) is 0 Å². The predicted molar refractivity (Wildman–Crippen MR) is 145 cm³/mol. The summed E-state index contributed by atoms with van der Waals surface area (Å²) in [6.07, 6.45) is 4.22. The number of nitrogens with one attached hydrogen (secondary N) is 1. The Hall–Kier alpha value is -2.37. The first-order valence-corrected chi connectivity index (χ1v) is 13.9. The second-order valence-corrected chi connectivity index (χ2v) is 11.7. The van der Waals surface area contributed by atoms with Crippen LogP contribution in [-0.2, 0) is 11.3 Å². The number of methoxy groups -OCH3 is 1. The number of hydrogen-bond acceptors (Lipinski definition) is 4. The van der Waals surface area contributed by atoms with E-state index in [2.05, 4.69) is 71.4 Å². The average Bonchev–Trinajstić information content (AvgIpc) is 3.50. The summed E-state index contributed by atoms with van der Waals surface area (Å²) in [5.74, 6) is 3.09. The maximum atomic E-state index is 13.6. The van der Waals surface area contributed by atoms with Crippen LogP contribution in [0.5, 0.6) is 5.75 Å². The van der Waals surface area contributed by atoms with E-state index in [0.29, 0.717) is 36.2 Å². The third-order valence-corrected chi connectivity index (χ3v) is 9.05. The van der Waals surface area contributed by atoms with Gasteiger partial charge < -0.3 is 15.0 Å². The summed E-state index contributed by atoms with van der Waals surface area (Å²) in [5, 5.41) is 3.71. The molecular formula is C31H43N3O2. The van der Waals surface area contributed by atoms with E-state index in [1.165, 1.54) is 17.5 Å². The van der Waals surface area contributed by atoms with Gasteiger partial charge in [-0.15, -0.1) is 0 Å². The number of hydrogen-bond donors (Lipinski definition) is 1. The number of piperidine rings is 1. The number of likely N-dealkylation sites (tertiary alicyclic amines) is 2. The third kappa shape index (κ3) is 5.19. The minimum Gasteiger partial charge on any atom is -0.497 e. The lowest BCUT2D eigenvalue weighted by atomic mass is 9.74. The largest absolute Gasteiger partial charge is 0.497 e. The van der Waals surface area contributed by atoms with Gasteiger partial charge in [0.25, 0.3) is 0 Å². The number of carbonyl (C=O) groups excluding carboxylic acids is 1. The monoisotopic (exact) mass is 489 g/mol. The van der Waals surface area contributed by atoms with Crippen molar-refractivity contribution in [2.24, 2.45) is 17.3 Å². The summed E-state index contributed by atoms with van der Waals surface area (Å²) in [6, 6.07) is 19.8. The molecule has 36 heavy (non-hydrogen) atoms. The topological polar surface area (TPSA) is 44.8 Å². The summed E-state index contributed by atoms with van der Waals surface area (Å²) in [4.78, 5) is 18.5. The quantitative estimate of drug-likeness (QED) is 0.571. The van der Waals surface area contributed by atoms with Gasteiger partial charge in [-0.2, -0.15) is 0 Å². The maximum Gasteiger partial charge on any atom is 0.229 e. The van der Waals surface area contributed by atoms with Crippen molar-refractivity contribution >= 4 is 5.91 Å². The summed E-state index contributed by atoms with van der Waals surface area (Å²) in [5.41, 5.74) is 2.49. The summed E-state index contributed by atoms with van der Waals surface area (Å²) >= 11 is 0. The van der Waals surface area contributed by atoms with E-state index in [9.17, 15) is 4.79 Å². The first-order chi connectivity index (χ1) is 17.5. The Morgan fingerprint density at radius 1 is 0.972 bits per heavy atom. The van der Waals surface area contributed by atoms with E-state index in [-0.39, 0.29) is 5.41 Å². The molecule has 0 bridgehead atoms. The molecule has 194 valence electrons. The lowest BCUT2D eigenvalue weighted by molar-refractivity contribution is -0.139. The fraction of sp³-hybridized carbons (Fsp3) is 0.581. The van der Waals surface area contributed by atoms with Crippen molar-refractivity contribution in [1.29, 1.82) is 0 Å². The molecule has 3 fully saturated rings. The van der Waals surface area contributed by atoms with Crippen LogP contribution in [0.1, 0.15) is 56.6 Å². The molecule has 3 saturated heterocycles. The van der Waals surface area contributed by atoms with Gasteiger partial charge in [-0.1, -0.05) is 56.3 Å². The molecule has 1 unspecified atom stereocenters. The Labute approximate surface area is 217 Å². The number of carbonyl (C=O) groups is 1. The molecule has 1 amide bonds. The molecule has 1 N–H and O–H groups in total. The van der Waals surface area contributed by atoms with Crippen molar-refractivity contribution in [1.82, 2.24) is 15.1 Å². The van der Waals surface area contributed by atoms with Crippen LogP contribution < -0.4 is 10.1 Å². The van der Waals surface area contributed by atoms with Crippen LogP contribution in [0.15, 0.2) is 54.6 Å². The van der Waals surface area contributed by atoms with Crippen LogP contribution in [0.4, 0.5) is 0 Å². The number of ether oxygens (including phenoxy) is 1. The summed E-state index contributed by atoms with van der Waals surface area (Å²) < 4.78 is 5.28. The Morgan fingerprint density at radius 2 is 1.67 bits per heavy atom. The molecule has 1 spiro atoms. The highest BCUT2D eigenvalue weighted by molar-refractivity contribution is 5.85. The van der Waals surface area contributed by atoms with Crippen molar-refractivity contribution < 1.29 is 9.53 Å². The van der Waals surface area contributed by atoms with Gasteiger partial charge in [0.1, 0.15) is 5.75 Å². The molecule has 3 atom stereocenters. The van der Waals surface area contributed by atoms with E-state index < -0.39 is 0 Å². The zero-order chi connectivity index (χ0) is 25.1. The van der Waals surface area contributed by atoms with Gasteiger partial charge in [-0.3, -0.25) is 9.69 Å². The molecule has 3 heterocycles. The molecule has 2 aromatic rings. The van der Waals surface area contributed by atoms with Crippen LogP contribution in [0, 0.1) is 17.3 Å². The molecule has 5 nitrogen and oxygen atoms in total. The maximum absolute atomic E-state index is 13.6. The van der Waals surface area contributed by atoms with Gasteiger partial charge >= 0.3 is 0 Å². The highest BCUT2D eigenvalue weighted by Crippen LogP contribution is 2.44. The fourth-order valence-corrected chi connectivity index (χ4v) is 6.99. The molecule has 3 aliphatic heterocycles. The average molecular weight is 490 g/mol. The highest BCUT2D eigenvalue weighted by Gasteiger charge is 2.49. The lowest BCUT2D eigenvalue weighted by Gasteiger charge is -2.45. The van der Waals surface area contributed by atoms with E-state index in [1.54, 1.807) is 7.11 Å². The second-order valence-electron chi connectivity index (χ2n) is 11.7. The van der Waals surface area contributed by atoms with Crippen LogP contribution in [-0.4, -0.2) is 61.6 Å². The van der Waals surface area contributed by atoms with E-state index in [1.807, 2.05) is 12.1 Å². The van der Waals surface area contributed by atoms with E-state index in [4.69, 9.17) is 4.74 Å². The minimum absolute atomic E-state index is 0.155. The second kappa shape index (κ2) is 10.9.